The lowest BCUT2D eigenvalue weighted by Gasteiger charge is -2.33. The van der Waals surface area contributed by atoms with Gasteiger partial charge in [0.2, 0.25) is 11.8 Å². The Hall–Kier alpha value is -2.42. The average Bonchev–Trinajstić information content (AvgIpc) is 3.55. The Morgan fingerprint density at radius 3 is 2.77 bits per heavy atom. The van der Waals surface area contributed by atoms with E-state index in [1.54, 1.807) is 23.1 Å². The summed E-state index contributed by atoms with van der Waals surface area (Å²) in [6.07, 6.45) is 5.89. The van der Waals surface area contributed by atoms with Gasteiger partial charge in [-0.3, -0.25) is 19.3 Å². The highest BCUT2D eigenvalue weighted by molar-refractivity contribution is 7.90. The Kier molecular flexibility index (Phi) is 6.31. The Morgan fingerprint density at radius 2 is 2.03 bits per heavy atom. The van der Waals surface area contributed by atoms with Gasteiger partial charge in [0.15, 0.2) is 0 Å². The van der Waals surface area contributed by atoms with E-state index < -0.39 is 16.1 Å². The zero-order chi connectivity index (χ0) is 22.0. The number of rotatable bonds is 7. The number of likely N-dealkylation sites (tertiary alicyclic amines) is 1. The van der Waals surface area contributed by atoms with Gasteiger partial charge in [-0.25, -0.2) is 8.42 Å². The lowest BCUT2D eigenvalue weighted by atomic mass is 9.96. The number of amidine groups is 1. The first-order chi connectivity index (χ1) is 14.9. The molecule has 9 heteroatoms. The predicted octanol–water partition coefficient (Wildman–Crippen LogP) is 1.80. The van der Waals surface area contributed by atoms with Crippen molar-refractivity contribution in [2.24, 2.45) is 10.9 Å². The van der Waals surface area contributed by atoms with Crippen molar-refractivity contribution in [3.05, 3.63) is 29.8 Å². The molecule has 31 heavy (non-hydrogen) atoms. The van der Waals surface area contributed by atoms with Gasteiger partial charge >= 0.3 is 0 Å². The summed E-state index contributed by atoms with van der Waals surface area (Å²) in [4.78, 5) is 32.4. The molecule has 3 aliphatic rings. The van der Waals surface area contributed by atoms with Gasteiger partial charge < -0.3 is 10.2 Å². The highest BCUT2D eigenvalue weighted by atomic mass is 32.2. The molecule has 0 bridgehead atoms. The van der Waals surface area contributed by atoms with E-state index in [1.807, 2.05) is 6.92 Å². The van der Waals surface area contributed by atoms with Crippen LogP contribution < -0.4 is 10.0 Å². The van der Waals surface area contributed by atoms with Crippen molar-refractivity contribution in [1.82, 2.24) is 14.9 Å². The molecule has 8 nitrogen and oxygen atoms in total. The number of fused-ring (bicyclic) bond motifs is 1. The molecule has 2 aliphatic heterocycles. The number of amides is 2. The van der Waals surface area contributed by atoms with Gasteiger partial charge in [0.1, 0.15) is 11.9 Å². The van der Waals surface area contributed by atoms with E-state index in [1.165, 1.54) is 6.07 Å². The van der Waals surface area contributed by atoms with Crippen LogP contribution in [-0.2, 0) is 19.6 Å². The van der Waals surface area contributed by atoms with E-state index in [9.17, 15) is 18.0 Å². The minimum atomic E-state index is -3.66. The Balaban J connectivity index is 1.53. The lowest BCUT2D eigenvalue weighted by molar-refractivity contribution is -0.137. The summed E-state index contributed by atoms with van der Waals surface area (Å²) in [5.74, 6) is -0.0593. The van der Waals surface area contributed by atoms with Crippen molar-refractivity contribution >= 4 is 27.7 Å². The molecule has 1 aromatic rings. The number of hydrogen-bond acceptors (Lipinski definition) is 5. The van der Waals surface area contributed by atoms with Crippen LogP contribution in [0.3, 0.4) is 0 Å². The molecular formula is C22H30N4O4S. The van der Waals surface area contributed by atoms with Gasteiger partial charge in [0.05, 0.1) is 10.8 Å². The van der Waals surface area contributed by atoms with Crippen LogP contribution in [0.25, 0.3) is 0 Å². The van der Waals surface area contributed by atoms with Crippen LogP contribution in [0.2, 0.25) is 0 Å². The Morgan fingerprint density at radius 1 is 1.26 bits per heavy atom. The molecule has 168 valence electrons. The quantitative estimate of drug-likeness (QED) is 0.666. The topological polar surface area (TPSA) is 108 Å². The Labute approximate surface area is 183 Å². The first-order valence-corrected chi connectivity index (χ1v) is 12.7. The normalized spacial score (nSPS) is 24.4. The third kappa shape index (κ3) is 4.92. The molecule has 2 fully saturated rings. The summed E-state index contributed by atoms with van der Waals surface area (Å²) in [7, 11) is -3.66. The molecule has 2 amide bonds. The molecule has 2 heterocycles. The molecule has 2 N–H and O–H groups in total. The first kappa shape index (κ1) is 21.8. The van der Waals surface area contributed by atoms with Crippen molar-refractivity contribution in [3.8, 4) is 0 Å². The molecule has 2 atom stereocenters. The average molecular weight is 447 g/mol. The number of unbranched alkanes of at least 4 members (excludes halogenated alkanes) is 1. The van der Waals surface area contributed by atoms with Crippen LogP contribution in [0.1, 0.15) is 57.4 Å². The maximum absolute atomic E-state index is 13.4. The van der Waals surface area contributed by atoms with Crippen LogP contribution >= 0.6 is 0 Å². The fourth-order valence-corrected chi connectivity index (χ4v) is 5.41. The van der Waals surface area contributed by atoms with Gasteiger partial charge in [-0.2, -0.15) is 0 Å². The molecule has 4 rings (SSSR count). The van der Waals surface area contributed by atoms with Gasteiger partial charge in [-0.05, 0) is 44.2 Å². The molecule has 1 saturated heterocycles. The number of benzene rings is 1. The SMILES string of the molecule is CCCCC(N=C1NS(=O)(=O)c2ccccc21)C(=O)N1CCCC(C(=O)NC2CC2)C1. The predicted molar refractivity (Wildman–Crippen MR) is 117 cm³/mol. The van der Waals surface area contributed by atoms with Crippen molar-refractivity contribution < 1.29 is 18.0 Å². The van der Waals surface area contributed by atoms with E-state index in [-0.39, 0.29) is 28.5 Å². The molecule has 0 radical (unpaired) electrons. The van der Waals surface area contributed by atoms with Crippen LogP contribution in [-0.4, -0.2) is 56.1 Å². The fourth-order valence-electron chi connectivity index (χ4n) is 4.18. The van der Waals surface area contributed by atoms with E-state index >= 15 is 0 Å². The molecule has 0 spiro atoms. The van der Waals surface area contributed by atoms with E-state index in [2.05, 4.69) is 15.0 Å². The number of nitrogens with one attached hydrogen (secondary N) is 2. The van der Waals surface area contributed by atoms with Crippen molar-refractivity contribution in [2.75, 3.05) is 13.1 Å². The maximum Gasteiger partial charge on any atom is 0.263 e. The lowest BCUT2D eigenvalue weighted by Crippen LogP contribution is -2.48. The van der Waals surface area contributed by atoms with Crippen LogP contribution in [0, 0.1) is 5.92 Å². The van der Waals surface area contributed by atoms with E-state index in [0.717, 1.165) is 38.5 Å². The smallest absolute Gasteiger partial charge is 0.263 e. The second-order valence-electron chi connectivity index (χ2n) is 8.64. The highest BCUT2D eigenvalue weighted by Crippen LogP contribution is 2.25. The van der Waals surface area contributed by atoms with Gasteiger partial charge in [-0.1, -0.05) is 31.9 Å². The van der Waals surface area contributed by atoms with Crippen molar-refractivity contribution in [3.63, 3.8) is 0 Å². The molecule has 1 saturated carbocycles. The number of nitrogens with zero attached hydrogens (tertiary/aromatic N) is 2. The van der Waals surface area contributed by atoms with E-state index in [4.69, 9.17) is 0 Å². The first-order valence-electron chi connectivity index (χ1n) is 11.2. The number of sulfonamides is 1. The minimum Gasteiger partial charge on any atom is -0.353 e. The van der Waals surface area contributed by atoms with Crippen molar-refractivity contribution in [1.29, 1.82) is 0 Å². The molecule has 1 aliphatic carbocycles. The molecule has 0 aromatic heterocycles. The van der Waals surface area contributed by atoms with Crippen LogP contribution in [0.5, 0.6) is 0 Å². The minimum absolute atomic E-state index is 0.0360. The summed E-state index contributed by atoms with van der Waals surface area (Å²) < 4.78 is 27.3. The number of piperidine rings is 1. The number of carbonyl (C=O) groups excluding carboxylic acids is 2. The fraction of sp³-hybridized carbons (Fsp3) is 0.591. The highest BCUT2D eigenvalue weighted by Gasteiger charge is 2.35. The van der Waals surface area contributed by atoms with Gasteiger partial charge in [-0.15, -0.1) is 0 Å². The summed E-state index contributed by atoms with van der Waals surface area (Å²) in [6.45, 7) is 3.04. The number of aliphatic imine (C=N–C) groups is 1. The maximum atomic E-state index is 13.4. The summed E-state index contributed by atoms with van der Waals surface area (Å²) >= 11 is 0. The summed E-state index contributed by atoms with van der Waals surface area (Å²) in [5, 5.41) is 3.04. The zero-order valence-corrected chi connectivity index (χ0v) is 18.7. The second kappa shape index (κ2) is 8.98. The monoisotopic (exact) mass is 446 g/mol. The van der Waals surface area contributed by atoms with Gasteiger partial charge in [0.25, 0.3) is 10.0 Å². The van der Waals surface area contributed by atoms with E-state index in [0.29, 0.717) is 31.1 Å². The summed E-state index contributed by atoms with van der Waals surface area (Å²) in [5.41, 5.74) is 0.497. The van der Waals surface area contributed by atoms with Crippen molar-refractivity contribution in [2.45, 2.75) is 68.8 Å². The Bertz CT molecular complexity index is 987. The van der Waals surface area contributed by atoms with Crippen LogP contribution in [0.15, 0.2) is 34.2 Å². The largest absolute Gasteiger partial charge is 0.353 e. The standard InChI is InChI=1S/C22H30N4O4S/c1-2-3-9-18(24-20-17-8-4-5-10-19(17)31(29,30)25-20)22(28)26-13-6-7-15(14-26)21(27)23-16-11-12-16/h4-5,8,10,15-16,18H,2-3,6-7,9,11-14H2,1H3,(H,23,27)(H,24,25). The summed E-state index contributed by atoms with van der Waals surface area (Å²) in [6, 6.07) is 6.30. The molecule has 2 unspecified atom stereocenters. The third-order valence-electron chi connectivity index (χ3n) is 6.09. The zero-order valence-electron chi connectivity index (χ0n) is 17.8. The third-order valence-corrected chi connectivity index (χ3v) is 7.49. The number of carbonyl (C=O) groups is 2. The second-order valence-corrected chi connectivity index (χ2v) is 10.3. The molecular weight excluding hydrogens is 416 g/mol. The molecule has 1 aromatic carbocycles. The number of hydrogen-bond donors (Lipinski definition) is 2. The van der Waals surface area contributed by atoms with Crippen LogP contribution in [0.4, 0.5) is 0 Å². The van der Waals surface area contributed by atoms with Gasteiger partial charge in [0, 0.05) is 24.7 Å².